The average Bonchev–Trinajstić information content (AvgIpc) is 2.59. The Hall–Kier alpha value is -1.14. The molecule has 0 bridgehead atoms. The fraction of sp³-hybridized carbons (Fsp3) is 0.588. The molecule has 5 nitrogen and oxygen atoms in total. The topological polar surface area (TPSA) is 58.8 Å². The van der Waals surface area contributed by atoms with Crippen molar-refractivity contribution in [2.75, 3.05) is 52.5 Å². The number of ether oxygens (including phenoxy) is 1. The van der Waals surface area contributed by atoms with E-state index in [9.17, 15) is 4.79 Å². The molecule has 0 unspecified atom stereocenters. The Morgan fingerprint density at radius 2 is 1.83 bits per heavy atom. The molecule has 1 heterocycles. The molecule has 1 amide bonds. The highest BCUT2D eigenvalue weighted by Gasteiger charge is 2.17. The van der Waals surface area contributed by atoms with Gasteiger partial charge in [0.2, 0.25) is 5.91 Å². The molecule has 0 aromatic heterocycles. The second-order valence-electron chi connectivity index (χ2n) is 5.61. The number of carbonyl (C=O) groups excluding carboxylic acids is 1. The average molecular weight is 342 g/mol. The van der Waals surface area contributed by atoms with Crippen LogP contribution in [0.5, 0.6) is 0 Å². The van der Waals surface area contributed by atoms with E-state index in [0.29, 0.717) is 26.2 Å². The van der Waals surface area contributed by atoms with E-state index >= 15 is 0 Å². The highest BCUT2D eigenvalue weighted by molar-refractivity contribution is 5.85. The summed E-state index contributed by atoms with van der Waals surface area (Å²) in [5.74, 6) is 0.227. The van der Waals surface area contributed by atoms with Gasteiger partial charge in [-0.25, -0.2) is 0 Å². The van der Waals surface area contributed by atoms with E-state index in [2.05, 4.69) is 29.2 Å². The maximum atomic E-state index is 12.2. The predicted octanol–water partition coefficient (Wildman–Crippen LogP) is 1.16. The van der Waals surface area contributed by atoms with E-state index in [1.54, 1.807) is 0 Å². The fourth-order valence-electron chi connectivity index (χ4n) is 2.67. The predicted molar refractivity (Wildman–Crippen MR) is 94.9 cm³/mol. The standard InChI is InChI=1S/C17H27N3O2.ClH/c18-8-11-19(9-6-16-4-2-1-3-5-16)10-7-17(21)20-12-14-22-15-13-20;/h1-5H,6-15,18H2;1H. The highest BCUT2D eigenvalue weighted by atomic mass is 35.5. The van der Waals surface area contributed by atoms with Gasteiger partial charge in [-0.1, -0.05) is 30.3 Å². The van der Waals surface area contributed by atoms with Crippen LogP contribution < -0.4 is 5.73 Å². The minimum Gasteiger partial charge on any atom is -0.378 e. The zero-order valence-corrected chi connectivity index (χ0v) is 14.5. The molecule has 1 aliphatic heterocycles. The quantitative estimate of drug-likeness (QED) is 0.771. The van der Waals surface area contributed by atoms with Crippen LogP contribution in [0.3, 0.4) is 0 Å². The zero-order chi connectivity index (χ0) is 15.6. The molecule has 1 aromatic carbocycles. The Morgan fingerprint density at radius 3 is 2.48 bits per heavy atom. The maximum Gasteiger partial charge on any atom is 0.224 e. The summed E-state index contributed by atoms with van der Waals surface area (Å²) in [4.78, 5) is 16.4. The van der Waals surface area contributed by atoms with Crippen LogP contribution in [0.4, 0.5) is 0 Å². The number of nitrogens with zero attached hydrogens (tertiary/aromatic N) is 2. The van der Waals surface area contributed by atoms with Crippen molar-refractivity contribution in [2.45, 2.75) is 12.8 Å². The molecule has 130 valence electrons. The van der Waals surface area contributed by atoms with Crippen molar-refractivity contribution in [3.05, 3.63) is 35.9 Å². The van der Waals surface area contributed by atoms with Gasteiger partial charge in [0.15, 0.2) is 0 Å². The van der Waals surface area contributed by atoms with Crippen LogP contribution in [-0.2, 0) is 16.0 Å². The maximum absolute atomic E-state index is 12.2. The smallest absolute Gasteiger partial charge is 0.224 e. The van der Waals surface area contributed by atoms with Crippen molar-refractivity contribution in [3.63, 3.8) is 0 Å². The summed E-state index contributed by atoms with van der Waals surface area (Å²) in [6, 6.07) is 10.4. The van der Waals surface area contributed by atoms with Crippen LogP contribution in [0, 0.1) is 0 Å². The third-order valence-corrected chi connectivity index (χ3v) is 4.01. The lowest BCUT2D eigenvalue weighted by Gasteiger charge is -2.28. The zero-order valence-electron chi connectivity index (χ0n) is 13.7. The SMILES string of the molecule is Cl.NCCN(CCC(=O)N1CCOCC1)CCc1ccccc1. The molecule has 1 fully saturated rings. The van der Waals surface area contributed by atoms with Gasteiger partial charge in [0.1, 0.15) is 0 Å². The molecule has 0 aliphatic carbocycles. The van der Waals surface area contributed by atoms with Crippen LogP contribution in [0.25, 0.3) is 0 Å². The summed E-state index contributed by atoms with van der Waals surface area (Å²) < 4.78 is 5.28. The lowest BCUT2D eigenvalue weighted by molar-refractivity contribution is -0.135. The van der Waals surface area contributed by atoms with Gasteiger partial charge in [-0.15, -0.1) is 12.4 Å². The van der Waals surface area contributed by atoms with E-state index in [1.165, 1.54) is 5.56 Å². The number of hydrogen-bond acceptors (Lipinski definition) is 4. The summed E-state index contributed by atoms with van der Waals surface area (Å²) in [5, 5.41) is 0. The molecule has 0 saturated carbocycles. The summed E-state index contributed by atoms with van der Waals surface area (Å²) >= 11 is 0. The summed E-state index contributed by atoms with van der Waals surface area (Å²) in [6.07, 6.45) is 1.56. The van der Waals surface area contributed by atoms with Crippen molar-refractivity contribution in [1.29, 1.82) is 0 Å². The van der Waals surface area contributed by atoms with E-state index < -0.39 is 0 Å². The Bertz CT molecular complexity index is 439. The third kappa shape index (κ3) is 7.31. The number of benzene rings is 1. The van der Waals surface area contributed by atoms with Crippen LogP contribution in [-0.4, -0.2) is 68.2 Å². The number of morpholine rings is 1. The van der Waals surface area contributed by atoms with Crippen molar-refractivity contribution in [2.24, 2.45) is 5.73 Å². The third-order valence-electron chi connectivity index (χ3n) is 4.01. The van der Waals surface area contributed by atoms with Gasteiger partial charge in [0.25, 0.3) is 0 Å². The molecule has 2 N–H and O–H groups in total. The van der Waals surface area contributed by atoms with Crippen molar-refractivity contribution in [3.8, 4) is 0 Å². The van der Waals surface area contributed by atoms with Crippen LogP contribution in [0.1, 0.15) is 12.0 Å². The first kappa shape index (κ1) is 19.9. The van der Waals surface area contributed by atoms with Crippen LogP contribution in [0.15, 0.2) is 30.3 Å². The molecule has 0 atom stereocenters. The first-order chi connectivity index (χ1) is 10.8. The second kappa shape index (κ2) is 11.4. The molecule has 1 aliphatic rings. The summed E-state index contributed by atoms with van der Waals surface area (Å²) in [6.45, 7) is 5.94. The van der Waals surface area contributed by atoms with E-state index in [0.717, 1.165) is 39.1 Å². The van der Waals surface area contributed by atoms with Crippen LogP contribution in [0.2, 0.25) is 0 Å². The van der Waals surface area contributed by atoms with Gasteiger partial charge in [-0.2, -0.15) is 0 Å². The Kier molecular flexibility index (Phi) is 9.87. The first-order valence-corrected chi connectivity index (χ1v) is 8.11. The number of nitrogens with two attached hydrogens (primary N) is 1. The largest absolute Gasteiger partial charge is 0.378 e. The normalized spacial score (nSPS) is 14.6. The number of amides is 1. The Labute approximate surface area is 145 Å². The molecule has 0 spiro atoms. The molecule has 2 rings (SSSR count). The lowest BCUT2D eigenvalue weighted by atomic mass is 10.1. The second-order valence-corrected chi connectivity index (χ2v) is 5.61. The number of hydrogen-bond donors (Lipinski definition) is 1. The molecule has 6 heteroatoms. The monoisotopic (exact) mass is 341 g/mol. The Morgan fingerprint density at radius 1 is 1.13 bits per heavy atom. The van der Waals surface area contributed by atoms with Gasteiger partial charge in [-0.3, -0.25) is 4.79 Å². The van der Waals surface area contributed by atoms with Crippen LogP contribution >= 0.6 is 12.4 Å². The summed E-state index contributed by atoms with van der Waals surface area (Å²) in [7, 11) is 0. The van der Waals surface area contributed by atoms with Crippen molar-refractivity contribution in [1.82, 2.24) is 9.80 Å². The molecule has 0 radical (unpaired) electrons. The molecule has 23 heavy (non-hydrogen) atoms. The number of carbonyl (C=O) groups is 1. The molecule has 1 saturated heterocycles. The van der Waals surface area contributed by atoms with Crippen molar-refractivity contribution >= 4 is 18.3 Å². The van der Waals surface area contributed by atoms with Crippen molar-refractivity contribution < 1.29 is 9.53 Å². The van der Waals surface area contributed by atoms with Gasteiger partial charge >= 0.3 is 0 Å². The number of halogens is 1. The van der Waals surface area contributed by atoms with Gasteiger partial charge in [0.05, 0.1) is 13.2 Å². The van der Waals surface area contributed by atoms with E-state index in [1.807, 2.05) is 11.0 Å². The van der Waals surface area contributed by atoms with Gasteiger partial charge in [0, 0.05) is 45.7 Å². The minimum atomic E-state index is 0. The number of rotatable bonds is 8. The van der Waals surface area contributed by atoms with E-state index in [-0.39, 0.29) is 18.3 Å². The van der Waals surface area contributed by atoms with Gasteiger partial charge in [-0.05, 0) is 12.0 Å². The molecule has 1 aromatic rings. The molecular formula is C17H28ClN3O2. The van der Waals surface area contributed by atoms with E-state index in [4.69, 9.17) is 10.5 Å². The Balaban J connectivity index is 0.00000264. The van der Waals surface area contributed by atoms with Gasteiger partial charge < -0.3 is 20.3 Å². The fourth-order valence-corrected chi connectivity index (χ4v) is 2.67. The highest BCUT2D eigenvalue weighted by Crippen LogP contribution is 2.04. The molecular weight excluding hydrogens is 314 g/mol. The first-order valence-electron chi connectivity index (χ1n) is 8.11. The lowest BCUT2D eigenvalue weighted by Crippen LogP contribution is -2.42. The summed E-state index contributed by atoms with van der Waals surface area (Å²) in [5.41, 5.74) is 7.02. The minimum absolute atomic E-state index is 0.